The van der Waals surface area contributed by atoms with E-state index in [1.54, 1.807) is 6.20 Å². The minimum atomic E-state index is 0.166. The van der Waals surface area contributed by atoms with Crippen LogP contribution >= 0.6 is 23.2 Å². The molecule has 3 nitrogen and oxygen atoms in total. The Morgan fingerprint density at radius 2 is 2.05 bits per heavy atom. The zero-order chi connectivity index (χ0) is 15.4. The largest absolute Gasteiger partial charge is 0.353 e. The van der Waals surface area contributed by atoms with Crippen LogP contribution in [0.3, 0.4) is 0 Å². The number of anilines is 1. The van der Waals surface area contributed by atoms with E-state index in [9.17, 15) is 0 Å². The Hall–Kier alpha value is -1.29. The van der Waals surface area contributed by atoms with Gasteiger partial charge in [0.2, 0.25) is 0 Å². The van der Waals surface area contributed by atoms with Gasteiger partial charge in [-0.15, -0.1) is 0 Å². The Morgan fingerprint density at radius 1 is 1.29 bits per heavy atom. The second kappa shape index (κ2) is 7.12. The summed E-state index contributed by atoms with van der Waals surface area (Å²) in [6.45, 7) is 2.84. The lowest BCUT2D eigenvalue weighted by Crippen LogP contribution is -2.23. The number of hydrogen-bond acceptors (Lipinski definition) is 3. The molecule has 1 aromatic carbocycles. The van der Waals surface area contributed by atoms with E-state index in [1.165, 1.54) is 0 Å². The predicted octanol–water partition coefficient (Wildman–Crippen LogP) is 4.31. The van der Waals surface area contributed by atoms with Gasteiger partial charge >= 0.3 is 0 Å². The Kier molecular flexibility index (Phi) is 5.45. The fourth-order valence-electron chi connectivity index (χ4n) is 2.18. The maximum atomic E-state index is 6.16. The summed E-state index contributed by atoms with van der Waals surface area (Å²) in [6.07, 6.45) is 1.70. The second-order valence-corrected chi connectivity index (χ2v) is 5.85. The lowest BCUT2D eigenvalue weighted by Gasteiger charge is -2.27. The van der Waals surface area contributed by atoms with Crippen LogP contribution in [0.1, 0.15) is 24.1 Å². The van der Waals surface area contributed by atoms with E-state index in [1.807, 2.05) is 38.4 Å². The molecule has 0 fully saturated rings. The topological polar surface area (TPSA) is 28.2 Å². The molecule has 1 aromatic heterocycles. The van der Waals surface area contributed by atoms with Gasteiger partial charge < -0.3 is 10.2 Å². The van der Waals surface area contributed by atoms with Gasteiger partial charge in [-0.25, -0.2) is 4.98 Å². The molecule has 0 spiro atoms. The van der Waals surface area contributed by atoms with Crippen molar-refractivity contribution in [3.8, 4) is 0 Å². The van der Waals surface area contributed by atoms with Crippen LogP contribution < -0.4 is 10.2 Å². The van der Waals surface area contributed by atoms with Gasteiger partial charge in [0, 0.05) is 24.8 Å². The zero-order valence-electron chi connectivity index (χ0n) is 12.4. The summed E-state index contributed by atoms with van der Waals surface area (Å²) in [7, 11) is 3.92. The normalized spacial score (nSPS) is 12.2. The van der Waals surface area contributed by atoms with Crippen LogP contribution in [0.5, 0.6) is 0 Å². The molecule has 21 heavy (non-hydrogen) atoms. The second-order valence-electron chi connectivity index (χ2n) is 5.01. The first-order valence-electron chi connectivity index (χ1n) is 6.80. The monoisotopic (exact) mass is 323 g/mol. The average Bonchev–Trinajstić information content (AvgIpc) is 2.48. The molecule has 0 saturated heterocycles. The van der Waals surface area contributed by atoms with Gasteiger partial charge in [0.1, 0.15) is 5.82 Å². The van der Waals surface area contributed by atoms with Gasteiger partial charge in [0.15, 0.2) is 0 Å². The lowest BCUT2D eigenvalue weighted by atomic mass is 10.1. The average molecular weight is 324 g/mol. The maximum Gasteiger partial charge on any atom is 0.129 e. The number of rotatable bonds is 5. The van der Waals surface area contributed by atoms with Crippen LogP contribution in [0.25, 0.3) is 0 Å². The molecule has 5 heteroatoms. The van der Waals surface area contributed by atoms with Crippen LogP contribution in [0.15, 0.2) is 36.5 Å². The fraction of sp³-hybridized carbons (Fsp3) is 0.312. The van der Waals surface area contributed by atoms with Crippen LogP contribution in [0, 0.1) is 0 Å². The van der Waals surface area contributed by atoms with Crippen molar-refractivity contribution in [2.45, 2.75) is 19.5 Å². The highest BCUT2D eigenvalue weighted by atomic mass is 35.5. The number of aromatic nitrogens is 1. The minimum Gasteiger partial charge on any atom is -0.353 e. The van der Waals surface area contributed by atoms with Crippen molar-refractivity contribution in [1.82, 2.24) is 10.3 Å². The molecule has 1 heterocycles. The van der Waals surface area contributed by atoms with Gasteiger partial charge in [-0.05, 0) is 43.3 Å². The Labute approximate surface area is 135 Å². The smallest absolute Gasteiger partial charge is 0.129 e. The molecule has 0 aliphatic carbocycles. The maximum absolute atomic E-state index is 6.16. The van der Waals surface area contributed by atoms with E-state index in [2.05, 4.69) is 28.2 Å². The molecule has 0 bridgehead atoms. The van der Waals surface area contributed by atoms with Gasteiger partial charge in [0.25, 0.3) is 0 Å². The summed E-state index contributed by atoms with van der Waals surface area (Å²) in [5, 5.41) is 4.53. The minimum absolute atomic E-state index is 0.166. The number of nitrogens with one attached hydrogen (secondary N) is 1. The summed E-state index contributed by atoms with van der Waals surface area (Å²) in [6, 6.07) is 10.1. The molecule has 112 valence electrons. The highest BCUT2D eigenvalue weighted by Crippen LogP contribution is 2.27. The summed E-state index contributed by atoms with van der Waals surface area (Å²) in [5.74, 6) is 0.886. The molecule has 0 aliphatic rings. The molecule has 1 unspecified atom stereocenters. The van der Waals surface area contributed by atoms with E-state index in [-0.39, 0.29) is 6.04 Å². The lowest BCUT2D eigenvalue weighted by molar-refractivity contribution is 0.726. The molecule has 0 radical (unpaired) electrons. The standard InChI is InChI=1S/C16H19Cl2N3/c1-11(12-5-4-6-14(17)7-12)21(3)16-8-13(9-19-2)15(18)10-20-16/h4-8,10-11,19H,9H2,1-3H3. The molecular formula is C16H19Cl2N3. The van der Waals surface area contributed by atoms with Crippen molar-refractivity contribution in [2.24, 2.45) is 0 Å². The summed E-state index contributed by atoms with van der Waals surface area (Å²) in [5.41, 5.74) is 2.19. The van der Waals surface area contributed by atoms with E-state index < -0.39 is 0 Å². The first-order valence-corrected chi connectivity index (χ1v) is 7.56. The highest BCUT2D eigenvalue weighted by molar-refractivity contribution is 6.31. The number of hydrogen-bond donors (Lipinski definition) is 1. The van der Waals surface area contributed by atoms with Gasteiger partial charge in [0.05, 0.1) is 11.1 Å². The first-order chi connectivity index (χ1) is 10.0. The SMILES string of the molecule is CNCc1cc(N(C)C(C)c2cccc(Cl)c2)ncc1Cl. The van der Waals surface area contributed by atoms with Gasteiger partial charge in [-0.1, -0.05) is 35.3 Å². The van der Waals surface area contributed by atoms with Crippen LogP contribution in [0.2, 0.25) is 10.0 Å². The van der Waals surface area contributed by atoms with E-state index in [0.717, 1.165) is 22.0 Å². The van der Waals surface area contributed by atoms with Crippen molar-refractivity contribution in [3.63, 3.8) is 0 Å². The first kappa shape index (κ1) is 16.1. The Bertz CT molecular complexity index is 616. The van der Waals surface area contributed by atoms with Crippen molar-refractivity contribution < 1.29 is 0 Å². The zero-order valence-corrected chi connectivity index (χ0v) is 13.9. The third-order valence-corrected chi connectivity index (χ3v) is 4.14. The number of benzene rings is 1. The van der Waals surface area contributed by atoms with Crippen LogP contribution in [-0.4, -0.2) is 19.1 Å². The summed E-state index contributed by atoms with van der Waals surface area (Å²) >= 11 is 12.2. The number of halogens is 2. The third-order valence-electron chi connectivity index (χ3n) is 3.56. The molecule has 1 atom stereocenters. The fourth-order valence-corrected chi connectivity index (χ4v) is 2.54. The van der Waals surface area contributed by atoms with Crippen molar-refractivity contribution in [2.75, 3.05) is 19.0 Å². The molecule has 1 N–H and O–H groups in total. The van der Waals surface area contributed by atoms with Crippen molar-refractivity contribution in [1.29, 1.82) is 0 Å². The number of pyridine rings is 1. The van der Waals surface area contributed by atoms with Crippen LogP contribution in [0.4, 0.5) is 5.82 Å². The molecule has 0 amide bonds. The van der Waals surface area contributed by atoms with E-state index >= 15 is 0 Å². The van der Waals surface area contributed by atoms with Crippen molar-refractivity contribution >= 4 is 29.0 Å². The predicted molar refractivity (Wildman–Crippen MR) is 90.3 cm³/mol. The summed E-state index contributed by atoms with van der Waals surface area (Å²) < 4.78 is 0. The number of nitrogens with zero attached hydrogens (tertiary/aromatic N) is 2. The molecule has 0 aliphatic heterocycles. The molecule has 0 saturated carbocycles. The molecule has 2 aromatic rings. The Balaban J connectivity index is 2.26. The Morgan fingerprint density at radius 3 is 2.71 bits per heavy atom. The quantitative estimate of drug-likeness (QED) is 0.888. The van der Waals surface area contributed by atoms with E-state index in [0.29, 0.717) is 11.6 Å². The molecule has 2 rings (SSSR count). The third kappa shape index (κ3) is 3.88. The van der Waals surface area contributed by atoms with Crippen LogP contribution in [-0.2, 0) is 6.54 Å². The van der Waals surface area contributed by atoms with Gasteiger partial charge in [-0.3, -0.25) is 0 Å². The molecular weight excluding hydrogens is 305 g/mol. The van der Waals surface area contributed by atoms with Crippen molar-refractivity contribution in [3.05, 3.63) is 57.7 Å². The highest BCUT2D eigenvalue weighted by Gasteiger charge is 2.15. The van der Waals surface area contributed by atoms with Gasteiger partial charge in [-0.2, -0.15) is 0 Å². The summed E-state index contributed by atoms with van der Waals surface area (Å²) in [4.78, 5) is 6.54. The van der Waals surface area contributed by atoms with E-state index in [4.69, 9.17) is 23.2 Å².